The molecule has 0 rings (SSSR count). The van der Waals surface area contributed by atoms with Gasteiger partial charge >= 0.3 is 0 Å². The summed E-state index contributed by atoms with van der Waals surface area (Å²) in [6.07, 6.45) is 3.55. The van der Waals surface area contributed by atoms with Crippen LogP contribution in [0.25, 0.3) is 0 Å². The quantitative estimate of drug-likeness (QED) is 0.633. The first-order valence-electron chi connectivity index (χ1n) is 5.91. The van der Waals surface area contributed by atoms with Gasteiger partial charge in [0, 0.05) is 26.2 Å². The molecule has 0 radical (unpaired) electrons. The first-order chi connectivity index (χ1) is 7.47. The number of nitrogens with one attached hydrogen (secondary N) is 1. The monoisotopic (exact) mass is 251 g/mol. The van der Waals surface area contributed by atoms with Gasteiger partial charge in [0.2, 0.25) is 0 Å². The van der Waals surface area contributed by atoms with Gasteiger partial charge in [-0.3, -0.25) is 0 Å². The highest BCUT2D eigenvalue weighted by atomic mass is 32.2. The number of nitrogens with zero attached hydrogens (tertiary/aromatic N) is 1. The second kappa shape index (κ2) is 8.00. The molecule has 1 unspecified atom stereocenters. The van der Waals surface area contributed by atoms with Crippen LogP contribution in [0.1, 0.15) is 39.5 Å². The summed E-state index contributed by atoms with van der Waals surface area (Å²) >= 11 is 0. The molecule has 0 fully saturated rings. The van der Waals surface area contributed by atoms with Crippen molar-refractivity contribution in [2.24, 2.45) is 5.73 Å². The van der Waals surface area contributed by atoms with Crippen molar-refractivity contribution in [3.63, 3.8) is 0 Å². The van der Waals surface area contributed by atoms with E-state index in [1.807, 2.05) is 13.8 Å². The molecule has 0 aliphatic carbocycles. The smallest absolute Gasteiger partial charge is 0.279 e. The van der Waals surface area contributed by atoms with Crippen LogP contribution in [-0.4, -0.2) is 38.9 Å². The van der Waals surface area contributed by atoms with Crippen molar-refractivity contribution in [1.82, 2.24) is 9.03 Å². The van der Waals surface area contributed by atoms with Crippen LogP contribution in [0.5, 0.6) is 0 Å². The van der Waals surface area contributed by atoms with Gasteiger partial charge in [0.15, 0.2) is 0 Å². The fourth-order valence-electron chi connectivity index (χ4n) is 1.37. The molecule has 0 spiro atoms. The zero-order valence-electron chi connectivity index (χ0n) is 10.6. The summed E-state index contributed by atoms with van der Waals surface area (Å²) < 4.78 is 27.7. The van der Waals surface area contributed by atoms with E-state index in [9.17, 15) is 8.42 Å². The van der Waals surface area contributed by atoms with Crippen LogP contribution in [-0.2, 0) is 10.2 Å². The van der Waals surface area contributed by atoms with E-state index in [0.717, 1.165) is 25.7 Å². The van der Waals surface area contributed by atoms with Crippen LogP contribution < -0.4 is 10.5 Å². The molecule has 0 aromatic heterocycles. The summed E-state index contributed by atoms with van der Waals surface area (Å²) in [5, 5.41) is 0. The van der Waals surface area contributed by atoms with Crippen LogP contribution >= 0.6 is 0 Å². The third kappa shape index (κ3) is 5.79. The molecule has 0 amide bonds. The minimum Gasteiger partial charge on any atom is -0.329 e. The van der Waals surface area contributed by atoms with Crippen LogP contribution in [0.15, 0.2) is 0 Å². The standard InChI is InChI=1S/C10H25N3O2S/c1-4-6-8-13(3)16(14,15)12-10(9-11)7-5-2/h10,12H,4-9,11H2,1-3H3. The molecule has 0 bridgehead atoms. The summed E-state index contributed by atoms with van der Waals surface area (Å²) in [7, 11) is -1.77. The van der Waals surface area contributed by atoms with Crippen molar-refractivity contribution < 1.29 is 8.42 Å². The average Bonchev–Trinajstić information content (AvgIpc) is 2.24. The third-order valence-electron chi connectivity index (χ3n) is 2.47. The third-order valence-corrected chi connectivity index (χ3v) is 4.11. The van der Waals surface area contributed by atoms with Crippen molar-refractivity contribution in [3.05, 3.63) is 0 Å². The SMILES string of the molecule is CCCCN(C)S(=O)(=O)NC(CN)CCC. The van der Waals surface area contributed by atoms with Crippen LogP contribution in [0.3, 0.4) is 0 Å². The average molecular weight is 251 g/mol. The Balaban J connectivity index is 4.30. The Morgan fingerprint density at radius 3 is 2.38 bits per heavy atom. The molecule has 0 saturated carbocycles. The van der Waals surface area contributed by atoms with Crippen LogP contribution in [0, 0.1) is 0 Å². The summed E-state index contributed by atoms with van der Waals surface area (Å²) in [6, 6.07) is -0.154. The molecule has 1 atom stereocenters. The van der Waals surface area contributed by atoms with Gasteiger partial charge in [-0.05, 0) is 12.8 Å². The Hall–Kier alpha value is -0.170. The molecule has 98 valence electrons. The molecule has 0 saturated heterocycles. The normalized spacial score (nSPS) is 14.3. The van der Waals surface area contributed by atoms with E-state index in [1.54, 1.807) is 7.05 Å². The number of hydrogen-bond donors (Lipinski definition) is 2. The molecule has 0 aromatic carbocycles. The first kappa shape index (κ1) is 15.8. The van der Waals surface area contributed by atoms with Crippen molar-refractivity contribution in [2.75, 3.05) is 20.1 Å². The molecular formula is C10H25N3O2S. The maximum Gasteiger partial charge on any atom is 0.279 e. The zero-order chi connectivity index (χ0) is 12.6. The Labute approximate surface area is 99.6 Å². The second-order valence-electron chi connectivity index (χ2n) is 4.02. The highest BCUT2D eigenvalue weighted by Gasteiger charge is 2.20. The molecular weight excluding hydrogens is 226 g/mol. The zero-order valence-corrected chi connectivity index (χ0v) is 11.4. The lowest BCUT2D eigenvalue weighted by Crippen LogP contribution is -2.46. The first-order valence-corrected chi connectivity index (χ1v) is 7.35. The molecule has 0 heterocycles. The molecule has 0 aliphatic rings. The largest absolute Gasteiger partial charge is 0.329 e. The van der Waals surface area contributed by atoms with Gasteiger partial charge in [-0.15, -0.1) is 0 Å². The lowest BCUT2D eigenvalue weighted by atomic mass is 10.2. The summed E-state index contributed by atoms with van der Waals surface area (Å²) in [5.41, 5.74) is 5.52. The van der Waals surface area contributed by atoms with E-state index >= 15 is 0 Å². The topological polar surface area (TPSA) is 75.4 Å². The number of nitrogens with two attached hydrogens (primary N) is 1. The van der Waals surface area contributed by atoms with Crippen molar-refractivity contribution >= 4 is 10.2 Å². The van der Waals surface area contributed by atoms with Crippen molar-refractivity contribution in [1.29, 1.82) is 0 Å². The van der Waals surface area contributed by atoms with E-state index in [0.29, 0.717) is 13.1 Å². The van der Waals surface area contributed by atoms with E-state index in [-0.39, 0.29) is 6.04 Å². The maximum absolute atomic E-state index is 11.8. The molecule has 6 heteroatoms. The van der Waals surface area contributed by atoms with Crippen LogP contribution in [0.2, 0.25) is 0 Å². The Bertz CT molecular complexity index is 267. The fourth-order valence-corrected chi connectivity index (χ4v) is 2.56. The van der Waals surface area contributed by atoms with Crippen molar-refractivity contribution in [3.8, 4) is 0 Å². The van der Waals surface area contributed by atoms with Gasteiger partial charge in [0.1, 0.15) is 0 Å². The Morgan fingerprint density at radius 1 is 1.31 bits per heavy atom. The Kier molecular flexibility index (Phi) is 7.91. The predicted molar refractivity (Wildman–Crippen MR) is 67.3 cm³/mol. The molecule has 0 aromatic rings. The summed E-state index contributed by atoms with van der Waals surface area (Å²) in [4.78, 5) is 0. The number of rotatable bonds is 9. The fraction of sp³-hybridized carbons (Fsp3) is 1.00. The lowest BCUT2D eigenvalue weighted by molar-refractivity contribution is 0.433. The van der Waals surface area contributed by atoms with Gasteiger partial charge in [-0.2, -0.15) is 17.4 Å². The van der Waals surface area contributed by atoms with E-state index in [1.165, 1.54) is 4.31 Å². The minimum absolute atomic E-state index is 0.154. The van der Waals surface area contributed by atoms with Crippen molar-refractivity contribution in [2.45, 2.75) is 45.6 Å². The van der Waals surface area contributed by atoms with E-state index < -0.39 is 10.2 Å². The van der Waals surface area contributed by atoms with Gasteiger partial charge < -0.3 is 5.73 Å². The van der Waals surface area contributed by atoms with Gasteiger partial charge in [0.25, 0.3) is 10.2 Å². The second-order valence-corrected chi connectivity index (χ2v) is 5.83. The van der Waals surface area contributed by atoms with Gasteiger partial charge in [-0.1, -0.05) is 26.7 Å². The molecule has 0 aliphatic heterocycles. The van der Waals surface area contributed by atoms with Gasteiger partial charge in [0.05, 0.1) is 0 Å². The highest BCUT2D eigenvalue weighted by molar-refractivity contribution is 7.87. The van der Waals surface area contributed by atoms with E-state index in [4.69, 9.17) is 5.73 Å². The molecule has 3 N–H and O–H groups in total. The highest BCUT2D eigenvalue weighted by Crippen LogP contribution is 2.02. The lowest BCUT2D eigenvalue weighted by Gasteiger charge is -2.22. The van der Waals surface area contributed by atoms with Crippen LogP contribution in [0.4, 0.5) is 0 Å². The maximum atomic E-state index is 11.8. The predicted octanol–water partition coefficient (Wildman–Crippen LogP) is 0.680. The molecule has 16 heavy (non-hydrogen) atoms. The Morgan fingerprint density at radius 2 is 1.94 bits per heavy atom. The van der Waals surface area contributed by atoms with E-state index in [2.05, 4.69) is 4.72 Å². The number of hydrogen-bond acceptors (Lipinski definition) is 3. The minimum atomic E-state index is -3.36. The summed E-state index contributed by atoms with van der Waals surface area (Å²) in [6.45, 7) is 4.94. The number of unbranched alkanes of at least 4 members (excludes halogenated alkanes) is 1. The summed E-state index contributed by atoms with van der Waals surface area (Å²) in [5.74, 6) is 0. The van der Waals surface area contributed by atoms with Gasteiger partial charge in [-0.25, -0.2) is 0 Å². The molecule has 5 nitrogen and oxygen atoms in total.